The van der Waals surface area contributed by atoms with E-state index in [1.54, 1.807) is 18.3 Å². The first-order valence-corrected chi connectivity index (χ1v) is 5.87. The van der Waals surface area contributed by atoms with Crippen LogP contribution >= 0.6 is 0 Å². The van der Waals surface area contributed by atoms with Crippen LogP contribution in [-0.2, 0) is 0 Å². The van der Waals surface area contributed by atoms with Crippen molar-refractivity contribution in [3.05, 3.63) is 71.1 Å². The van der Waals surface area contributed by atoms with Gasteiger partial charge in [0.05, 0.1) is 5.69 Å². The van der Waals surface area contributed by atoms with E-state index in [9.17, 15) is 4.79 Å². The minimum absolute atomic E-state index is 0.0156. The number of aromatic nitrogens is 1. The fourth-order valence-electron chi connectivity index (χ4n) is 1.73. The highest BCUT2D eigenvalue weighted by atomic mass is 16.1. The Morgan fingerprint density at radius 3 is 2.72 bits per heavy atom. The predicted octanol–water partition coefficient (Wildman–Crippen LogP) is 3.59. The van der Waals surface area contributed by atoms with Crippen LogP contribution in [0.1, 0.15) is 27.2 Å². The van der Waals surface area contributed by atoms with Crippen LogP contribution in [0.3, 0.4) is 0 Å². The molecule has 0 N–H and O–H groups in total. The molecule has 2 rings (SSSR count). The maximum Gasteiger partial charge on any atom is 0.186 e. The Hall–Kier alpha value is -2.22. The van der Waals surface area contributed by atoms with Crippen LogP contribution in [0.4, 0.5) is 0 Å². The number of allylic oxidation sites excluding steroid dienone is 1. The number of carbonyl (C=O) groups is 1. The minimum Gasteiger partial charge on any atom is -0.289 e. The molecule has 0 spiro atoms. The number of ketones is 1. The highest BCUT2D eigenvalue weighted by molar-refractivity contribution is 6.07. The fraction of sp³-hybridized carbons (Fsp3) is 0.125. The Balaban J connectivity index is 2.22. The average molecular weight is 237 g/mol. The van der Waals surface area contributed by atoms with Gasteiger partial charge in [-0.3, -0.25) is 9.78 Å². The van der Waals surface area contributed by atoms with E-state index in [2.05, 4.69) is 4.98 Å². The van der Waals surface area contributed by atoms with Gasteiger partial charge >= 0.3 is 0 Å². The van der Waals surface area contributed by atoms with E-state index in [1.165, 1.54) is 0 Å². The normalized spacial score (nSPS) is 10.8. The van der Waals surface area contributed by atoms with Crippen LogP contribution in [0.2, 0.25) is 0 Å². The Morgan fingerprint density at radius 2 is 2.00 bits per heavy atom. The van der Waals surface area contributed by atoms with Gasteiger partial charge < -0.3 is 0 Å². The van der Waals surface area contributed by atoms with Crippen LogP contribution in [0.15, 0.2) is 48.7 Å². The number of benzene rings is 1. The van der Waals surface area contributed by atoms with E-state index in [0.717, 1.165) is 22.4 Å². The largest absolute Gasteiger partial charge is 0.289 e. The average Bonchev–Trinajstić information content (AvgIpc) is 2.40. The van der Waals surface area contributed by atoms with Gasteiger partial charge in [0.1, 0.15) is 0 Å². The standard InChI is InChI=1S/C16H15NO/c1-12-6-7-13(2)15(11-12)16(18)9-8-14-5-3-4-10-17-14/h3-11H,1-2H3/b9-8+. The molecule has 0 aliphatic heterocycles. The van der Waals surface area contributed by atoms with Crippen LogP contribution < -0.4 is 0 Å². The van der Waals surface area contributed by atoms with Gasteiger partial charge in [-0.1, -0.05) is 23.8 Å². The summed E-state index contributed by atoms with van der Waals surface area (Å²) in [5.74, 6) is 0.0156. The van der Waals surface area contributed by atoms with Crippen LogP contribution in [0.5, 0.6) is 0 Å². The van der Waals surface area contributed by atoms with E-state index >= 15 is 0 Å². The van der Waals surface area contributed by atoms with Gasteiger partial charge in [0.2, 0.25) is 0 Å². The summed E-state index contributed by atoms with van der Waals surface area (Å²) in [7, 11) is 0. The van der Waals surface area contributed by atoms with Crippen molar-refractivity contribution in [2.24, 2.45) is 0 Å². The Kier molecular flexibility index (Phi) is 3.68. The zero-order valence-electron chi connectivity index (χ0n) is 10.6. The van der Waals surface area contributed by atoms with Gasteiger partial charge in [-0.25, -0.2) is 0 Å². The summed E-state index contributed by atoms with van der Waals surface area (Å²) >= 11 is 0. The van der Waals surface area contributed by atoms with Gasteiger partial charge in [0.25, 0.3) is 0 Å². The number of carbonyl (C=O) groups excluding carboxylic acids is 1. The molecule has 0 saturated heterocycles. The number of hydrogen-bond donors (Lipinski definition) is 0. The van der Waals surface area contributed by atoms with Gasteiger partial charge in [-0.2, -0.15) is 0 Å². The van der Waals surface area contributed by atoms with E-state index in [0.29, 0.717) is 0 Å². The quantitative estimate of drug-likeness (QED) is 0.603. The Bertz CT molecular complexity index is 585. The molecule has 90 valence electrons. The summed E-state index contributed by atoms with van der Waals surface area (Å²) in [6.45, 7) is 3.93. The van der Waals surface area contributed by atoms with Crippen molar-refractivity contribution in [1.29, 1.82) is 0 Å². The third kappa shape index (κ3) is 2.92. The van der Waals surface area contributed by atoms with Crippen LogP contribution in [-0.4, -0.2) is 10.8 Å². The molecule has 0 aliphatic carbocycles. The molecule has 2 heteroatoms. The Labute approximate surface area is 107 Å². The molecule has 1 heterocycles. The van der Waals surface area contributed by atoms with Crippen LogP contribution in [0, 0.1) is 13.8 Å². The first kappa shape index (κ1) is 12.2. The molecule has 2 nitrogen and oxygen atoms in total. The zero-order chi connectivity index (χ0) is 13.0. The lowest BCUT2D eigenvalue weighted by atomic mass is 10.0. The van der Waals surface area contributed by atoms with Crippen molar-refractivity contribution in [2.45, 2.75) is 13.8 Å². The topological polar surface area (TPSA) is 30.0 Å². The monoisotopic (exact) mass is 237 g/mol. The van der Waals surface area contributed by atoms with Gasteiger partial charge in [-0.15, -0.1) is 0 Å². The molecule has 0 amide bonds. The molecule has 1 aromatic carbocycles. The lowest BCUT2D eigenvalue weighted by Gasteiger charge is -2.02. The number of pyridine rings is 1. The first-order chi connectivity index (χ1) is 8.66. The summed E-state index contributed by atoms with van der Waals surface area (Å²) < 4.78 is 0. The SMILES string of the molecule is Cc1ccc(C)c(C(=O)/C=C/c2ccccn2)c1. The second-order valence-electron chi connectivity index (χ2n) is 4.27. The fourth-order valence-corrected chi connectivity index (χ4v) is 1.73. The molecule has 0 bridgehead atoms. The van der Waals surface area contributed by atoms with Gasteiger partial charge in [-0.05, 0) is 49.8 Å². The summed E-state index contributed by atoms with van der Waals surface area (Å²) in [6.07, 6.45) is 5.02. The maximum atomic E-state index is 12.1. The number of nitrogens with zero attached hydrogens (tertiary/aromatic N) is 1. The van der Waals surface area contributed by atoms with Crippen molar-refractivity contribution < 1.29 is 4.79 Å². The molecule has 1 aromatic heterocycles. The van der Waals surface area contributed by atoms with Crippen molar-refractivity contribution in [1.82, 2.24) is 4.98 Å². The van der Waals surface area contributed by atoms with E-state index in [-0.39, 0.29) is 5.78 Å². The number of hydrogen-bond acceptors (Lipinski definition) is 2. The van der Waals surface area contributed by atoms with E-state index in [1.807, 2.05) is 50.2 Å². The molecule has 0 saturated carbocycles. The molecule has 0 atom stereocenters. The molecule has 0 fully saturated rings. The third-order valence-corrected chi connectivity index (χ3v) is 2.75. The molecule has 2 aromatic rings. The van der Waals surface area contributed by atoms with E-state index in [4.69, 9.17) is 0 Å². The highest BCUT2D eigenvalue weighted by Crippen LogP contribution is 2.12. The van der Waals surface area contributed by atoms with Crippen molar-refractivity contribution in [2.75, 3.05) is 0 Å². The van der Waals surface area contributed by atoms with Crippen LogP contribution in [0.25, 0.3) is 6.08 Å². The maximum absolute atomic E-state index is 12.1. The summed E-state index contributed by atoms with van der Waals surface area (Å²) in [4.78, 5) is 16.2. The van der Waals surface area contributed by atoms with Crippen molar-refractivity contribution >= 4 is 11.9 Å². The number of aryl methyl sites for hydroxylation is 2. The summed E-state index contributed by atoms with van der Waals surface area (Å²) in [6, 6.07) is 11.5. The third-order valence-electron chi connectivity index (χ3n) is 2.75. The second-order valence-corrected chi connectivity index (χ2v) is 4.27. The smallest absolute Gasteiger partial charge is 0.186 e. The lowest BCUT2D eigenvalue weighted by Crippen LogP contribution is -1.98. The molecular formula is C16H15NO. The molecule has 0 radical (unpaired) electrons. The van der Waals surface area contributed by atoms with Crippen molar-refractivity contribution in [3.8, 4) is 0 Å². The van der Waals surface area contributed by atoms with Gasteiger partial charge in [0, 0.05) is 11.8 Å². The summed E-state index contributed by atoms with van der Waals surface area (Å²) in [5, 5.41) is 0. The van der Waals surface area contributed by atoms with Gasteiger partial charge in [0.15, 0.2) is 5.78 Å². The molecule has 18 heavy (non-hydrogen) atoms. The first-order valence-electron chi connectivity index (χ1n) is 5.87. The molecular weight excluding hydrogens is 222 g/mol. The highest BCUT2D eigenvalue weighted by Gasteiger charge is 2.05. The predicted molar refractivity (Wildman–Crippen MR) is 73.5 cm³/mol. The lowest BCUT2D eigenvalue weighted by molar-refractivity contribution is 0.104. The minimum atomic E-state index is 0.0156. The molecule has 0 unspecified atom stereocenters. The van der Waals surface area contributed by atoms with E-state index < -0.39 is 0 Å². The molecule has 0 aliphatic rings. The Morgan fingerprint density at radius 1 is 1.17 bits per heavy atom. The summed E-state index contributed by atoms with van der Waals surface area (Å²) in [5.41, 5.74) is 3.63. The zero-order valence-corrected chi connectivity index (χ0v) is 10.6. The second kappa shape index (κ2) is 5.41. The van der Waals surface area contributed by atoms with Crippen molar-refractivity contribution in [3.63, 3.8) is 0 Å². The number of rotatable bonds is 3.